The Morgan fingerprint density at radius 1 is 1.21 bits per heavy atom. The number of hydrogen-bond acceptors (Lipinski definition) is 3. The summed E-state index contributed by atoms with van der Waals surface area (Å²) in [5.74, 6) is 0.653. The normalized spacial score (nSPS) is 11.2. The Bertz CT molecular complexity index is 786. The summed E-state index contributed by atoms with van der Waals surface area (Å²) in [4.78, 5) is 9.02. The molecular weight excluding hydrogens is 411 g/mol. The molecule has 0 amide bonds. The zero-order valence-electron chi connectivity index (χ0n) is 9.75. The maximum absolute atomic E-state index is 6.27. The fourth-order valence-electron chi connectivity index (χ4n) is 1.83. The van der Waals surface area contributed by atoms with Crippen molar-refractivity contribution in [3.8, 4) is 11.4 Å². The molecule has 2 aromatic heterocycles. The Kier molecular flexibility index (Phi) is 3.64. The highest BCUT2D eigenvalue weighted by Gasteiger charge is 2.12. The molecule has 3 rings (SSSR count). The van der Waals surface area contributed by atoms with E-state index in [1.807, 2.05) is 30.5 Å². The van der Waals surface area contributed by atoms with E-state index in [1.54, 1.807) is 11.3 Å². The van der Waals surface area contributed by atoms with Gasteiger partial charge in [0.1, 0.15) is 5.15 Å². The third-order valence-corrected chi connectivity index (χ3v) is 5.49. The van der Waals surface area contributed by atoms with E-state index in [4.69, 9.17) is 11.6 Å². The second kappa shape index (κ2) is 5.13. The molecule has 3 aromatic rings. The summed E-state index contributed by atoms with van der Waals surface area (Å²) < 4.78 is 2.07. The van der Waals surface area contributed by atoms with Crippen molar-refractivity contribution in [2.45, 2.75) is 6.92 Å². The van der Waals surface area contributed by atoms with Gasteiger partial charge in [0, 0.05) is 20.8 Å². The third kappa shape index (κ3) is 2.44. The molecule has 0 spiro atoms. The Balaban J connectivity index is 2.31. The van der Waals surface area contributed by atoms with Crippen LogP contribution in [0.2, 0.25) is 5.15 Å². The lowest BCUT2D eigenvalue weighted by atomic mass is 10.1. The first-order valence-electron chi connectivity index (χ1n) is 5.43. The SMILES string of the molecule is Cc1c(Br)ccc2c(Cl)nc(-c3csc(Br)c3)nc12. The number of thiophene rings is 1. The highest BCUT2D eigenvalue weighted by atomic mass is 79.9. The van der Waals surface area contributed by atoms with Crippen molar-refractivity contribution in [2.75, 3.05) is 0 Å². The monoisotopic (exact) mass is 416 g/mol. The Labute approximate surface area is 136 Å². The molecule has 0 unspecified atom stereocenters. The van der Waals surface area contributed by atoms with Crippen LogP contribution >= 0.6 is 54.8 Å². The maximum atomic E-state index is 6.27. The zero-order chi connectivity index (χ0) is 13.6. The van der Waals surface area contributed by atoms with Crippen LogP contribution in [0.5, 0.6) is 0 Å². The van der Waals surface area contributed by atoms with Crippen molar-refractivity contribution in [3.05, 3.63) is 42.6 Å². The molecule has 19 heavy (non-hydrogen) atoms. The molecule has 0 radical (unpaired) electrons. The fourth-order valence-corrected chi connectivity index (χ4v) is 3.51. The maximum Gasteiger partial charge on any atom is 0.162 e. The smallest absolute Gasteiger partial charge is 0.162 e. The van der Waals surface area contributed by atoms with Gasteiger partial charge in [-0.2, -0.15) is 0 Å². The van der Waals surface area contributed by atoms with E-state index >= 15 is 0 Å². The minimum absolute atomic E-state index is 0.484. The topological polar surface area (TPSA) is 25.8 Å². The number of aromatic nitrogens is 2. The van der Waals surface area contributed by atoms with Gasteiger partial charge in [-0.1, -0.05) is 27.5 Å². The number of aryl methyl sites for hydroxylation is 1. The summed E-state index contributed by atoms with van der Waals surface area (Å²) in [6.45, 7) is 2.02. The van der Waals surface area contributed by atoms with Gasteiger partial charge in [0.25, 0.3) is 0 Å². The van der Waals surface area contributed by atoms with E-state index in [0.717, 1.165) is 30.3 Å². The van der Waals surface area contributed by atoms with Gasteiger partial charge < -0.3 is 0 Å². The Hall–Kier alpha value is -0.490. The van der Waals surface area contributed by atoms with E-state index in [-0.39, 0.29) is 0 Å². The van der Waals surface area contributed by atoms with Crippen LogP contribution in [0.25, 0.3) is 22.3 Å². The van der Waals surface area contributed by atoms with Crippen molar-refractivity contribution in [2.24, 2.45) is 0 Å². The van der Waals surface area contributed by atoms with Crippen LogP contribution in [-0.4, -0.2) is 9.97 Å². The predicted molar refractivity (Wildman–Crippen MR) is 88.0 cm³/mol. The van der Waals surface area contributed by atoms with Gasteiger partial charge in [0.05, 0.1) is 9.30 Å². The van der Waals surface area contributed by atoms with Crippen LogP contribution in [-0.2, 0) is 0 Å². The molecule has 1 aromatic carbocycles. The molecule has 0 atom stereocenters. The molecule has 0 aliphatic carbocycles. The molecule has 0 fully saturated rings. The zero-order valence-corrected chi connectivity index (χ0v) is 14.5. The summed E-state index contributed by atoms with van der Waals surface area (Å²) in [6.07, 6.45) is 0. The Morgan fingerprint density at radius 2 is 2.00 bits per heavy atom. The van der Waals surface area contributed by atoms with E-state index < -0.39 is 0 Å². The molecule has 96 valence electrons. The second-order valence-electron chi connectivity index (χ2n) is 4.05. The standard InChI is InChI=1S/C13H7Br2ClN2S/c1-6-9(14)3-2-8-11(6)17-13(18-12(8)16)7-4-10(15)19-5-7/h2-5H,1H3. The number of hydrogen-bond donors (Lipinski definition) is 0. The first-order chi connectivity index (χ1) is 9.06. The number of fused-ring (bicyclic) bond motifs is 1. The molecule has 0 N–H and O–H groups in total. The van der Waals surface area contributed by atoms with Crippen LogP contribution in [0.4, 0.5) is 0 Å². The molecule has 0 aliphatic rings. The number of rotatable bonds is 1. The molecule has 0 saturated carbocycles. The van der Waals surface area contributed by atoms with Crippen molar-refractivity contribution in [1.29, 1.82) is 0 Å². The highest BCUT2D eigenvalue weighted by Crippen LogP contribution is 2.32. The summed E-state index contributed by atoms with van der Waals surface area (Å²) in [5.41, 5.74) is 2.92. The summed E-state index contributed by atoms with van der Waals surface area (Å²) >= 11 is 14.8. The van der Waals surface area contributed by atoms with Gasteiger partial charge in [-0.15, -0.1) is 11.3 Å². The van der Waals surface area contributed by atoms with Crippen LogP contribution in [0.3, 0.4) is 0 Å². The largest absolute Gasteiger partial charge is 0.228 e. The number of halogens is 3. The van der Waals surface area contributed by atoms with Gasteiger partial charge >= 0.3 is 0 Å². The van der Waals surface area contributed by atoms with Gasteiger partial charge in [-0.05, 0) is 46.6 Å². The third-order valence-electron chi connectivity index (χ3n) is 2.83. The molecular formula is C13H7Br2ClN2S. The molecule has 6 heteroatoms. The fraction of sp³-hybridized carbons (Fsp3) is 0.0769. The van der Waals surface area contributed by atoms with Crippen LogP contribution in [0, 0.1) is 6.92 Å². The second-order valence-corrected chi connectivity index (χ2v) is 7.55. The number of nitrogens with zero attached hydrogens (tertiary/aromatic N) is 2. The van der Waals surface area contributed by atoms with Gasteiger partial charge in [-0.25, -0.2) is 9.97 Å². The quantitative estimate of drug-likeness (QED) is 0.464. The first-order valence-corrected chi connectivity index (χ1v) is 8.27. The minimum atomic E-state index is 0.484. The molecule has 0 saturated heterocycles. The predicted octanol–water partition coefficient (Wildman–Crippen LogP) is 5.85. The average Bonchev–Trinajstić information content (AvgIpc) is 2.81. The van der Waals surface area contributed by atoms with E-state index in [9.17, 15) is 0 Å². The van der Waals surface area contributed by atoms with Crippen LogP contribution in [0.1, 0.15) is 5.56 Å². The van der Waals surface area contributed by atoms with Gasteiger partial charge in [0.2, 0.25) is 0 Å². The highest BCUT2D eigenvalue weighted by molar-refractivity contribution is 9.11. The van der Waals surface area contributed by atoms with E-state index in [1.165, 1.54) is 0 Å². The lowest BCUT2D eigenvalue weighted by Gasteiger charge is -2.07. The summed E-state index contributed by atoms with van der Waals surface area (Å²) in [7, 11) is 0. The number of benzene rings is 1. The lowest BCUT2D eigenvalue weighted by molar-refractivity contribution is 1.22. The van der Waals surface area contributed by atoms with Crippen molar-refractivity contribution < 1.29 is 0 Å². The van der Waals surface area contributed by atoms with Crippen LogP contribution < -0.4 is 0 Å². The van der Waals surface area contributed by atoms with Gasteiger partial charge in [0.15, 0.2) is 5.82 Å². The van der Waals surface area contributed by atoms with Crippen molar-refractivity contribution in [3.63, 3.8) is 0 Å². The van der Waals surface area contributed by atoms with Crippen LogP contribution in [0.15, 0.2) is 31.8 Å². The van der Waals surface area contributed by atoms with Gasteiger partial charge in [-0.3, -0.25) is 0 Å². The van der Waals surface area contributed by atoms with E-state index in [2.05, 4.69) is 41.8 Å². The molecule has 2 nitrogen and oxygen atoms in total. The molecule has 0 bridgehead atoms. The first kappa shape index (κ1) is 13.5. The average molecular weight is 419 g/mol. The van der Waals surface area contributed by atoms with E-state index in [0.29, 0.717) is 11.0 Å². The molecule has 2 heterocycles. The van der Waals surface area contributed by atoms with Crippen molar-refractivity contribution >= 4 is 65.7 Å². The lowest BCUT2D eigenvalue weighted by Crippen LogP contribution is -1.93. The molecule has 0 aliphatic heterocycles. The van der Waals surface area contributed by atoms with Crippen molar-refractivity contribution in [1.82, 2.24) is 9.97 Å². The Morgan fingerprint density at radius 3 is 2.68 bits per heavy atom. The summed E-state index contributed by atoms with van der Waals surface area (Å²) in [6, 6.07) is 5.89. The summed E-state index contributed by atoms with van der Waals surface area (Å²) in [5, 5.41) is 3.37. The minimum Gasteiger partial charge on any atom is -0.228 e.